The van der Waals surface area contributed by atoms with Gasteiger partial charge in [-0.25, -0.2) is 9.59 Å². The molecular weight excluding hydrogens is 292 g/mol. The third-order valence-electron chi connectivity index (χ3n) is 2.97. The molecule has 22 heavy (non-hydrogen) atoms. The van der Waals surface area contributed by atoms with Crippen molar-refractivity contribution in [2.45, 2.75) is 24.9 Å². The molecule has 0 radical (unpaired) electrons. The summed E-state index contributed by atoms with van der Waals surface area (Å²) in [4.78, 5) is 42.3. The van der Waals surface area contributed by atoms with Crippen LogP contribution in [0, 0.1) is 0 Å². The smallest absolute Gasteiger partial charge is 0.330 e. The molecule has 2 amide bonds. The summed E-state index contributed by atoms with van der Waals surface area (Å²) >= 11 is 0. The maximum atomic E-state index is 10.7. The largest absolute Gasteiger partial charge is 0.466 e. The number of esters is 2. The van der Waals surface area contributed by atoms with E-state index in [1.807, 2.05) is 0 Å². The lowest BCUT2D eigenvalue weighted by molar-refractivity contribution is -0.135. The van der Waals surface area contributed by atoms with Gasteiger partial charge in [-0.1, -0.05) is 12.2 Å². The number of allylic oxidation sites excluding steroid dienone is 2. The lowest BCUT2D eigenvalue weighted by Crippen LogP contribution is -2.30. The number of methoxy groups -OCH3 is 2. The number of hydrogen-bond donors (Lipinski definition) is 2. The van der Waals surface area contributed by atoms with E-state index in [4.69, 9.17) is 0 Å². The molecule has 8 nitrogen and oxygen atoms in total. The fourth-order valence-corrected chi connectivity index (χ4v) is 1.92. The zero-order chi connectivity index (χ0) is 16.5. The molecule has 8 heteroatoms. The van der Waals surface area contributed by atoms with Crippen LogP contribution in [0.4, 0.5) is 0 Å². The summed E-state index contributed by atoms with van der Waals surface area (Å²) in [6.45, 7) is 0. The first-order valence-electron chi connectivity index (χ1n) is 6.55. The Kier molecular flexibility index (Phi) is 6.81. The fraction of sp³-hybridized carbons (Fsp3) is 0.429. The van der Waals surface area contributed by atoms with E-state index in [-0.39, 0.29) is 23.9 Å². The van der Waals surface area contributed by atoms with Gasteiger partial charge >= 0.3 is 11.9 Å². The summed E-state index contributed by atoms with van der Waals surface area (Å²) in [5, 5.41) is 5.45. The van der Waals surface area contributed by atoms with Crippen molar-refractivity contribution in [3.8, 4) is 0 Å². The molecule has 2 aliphatic rings. The molecule has 0 aromatic heterocycles. The Morgan fingerprint density at radius 1 is 0.909 bits per heavy atom. The minimum Gasteiger partial charge on any atom is -0.466 e. The Balaban J connectivity index is 0.000000222. The quantitative estimate of drug-likeness (QED) is 0.401. The molecule has 0 spiro atoms. The minimum atomic E-state index is -0.468. The van der Waals surface area contributed by atoms with Gasteiger partial charge < -0.3 is 20.1 Å². The molecule has 2 atom stereocenters. The van der Waals surface area contributed by atoms with Crippen molar-refractivity contribution in [3.63, 3.8) is 0 Å². The summed E-state index contributed by atoms with van der Waals surface area (Å²) in [7, 11) is 2.55. The van der Waals surface area contributed by atoms with Crippen molar-refractivity contribution < 1.29 is 28.7 Å². The van der Waals surface area contributed by atoms with E-state index in [1.165, 1.54) is 38.5 Å². The van der Waals surface area contributed by atoms with Crippen LogP contribution in [0.5, 0.6) is 0 Å². The lowest BCUT2D eigenvalue weighted by Gasteiger charge is -2.03. The second-order valence-electron chi connectivity index (χ2n) is 4.52. The monoisotopic (exact) mass is 310 g/mol. The van der Waals surface area contributed by atoms with Crippen LogP contribution < -0.4 is 10.6 Å². The number of amides is 2. The second-order valence-corrected chi connectivity index (χ2v) is 4.52. The number of hydrogen-bond acceptors (Lipinski definition) is 6. The predicted octanol–water partition coefficient (Wildman–Crippen LogP) is -0.792. The Hall–Kier alpha value is -2.64. The van der Waals surface area contributed by atoms with Crippen LogP contribution >= 0.6 is 0 Å². The second kappa shape index (κ2) is 8.60. The molecule has 2 unspecified atom stereocenters. The standard InChI is InChI=1S/C8H10O4.C6H8N2O2/c1-11-7(9)5-3-4-6-8(10)12-2;9-5-1-3-4(8-5)2-6(10)7-3/h3-6H,1-2H3;3-4H,1-2H2,(H,7,10)(H,8,9)/b5-3+,6-4+;. The third-order valence-corrected chi connectivity index (χ3v) is 2.97. The van der Waals surface area contributed by atoms with Gasteiger partial charge in [0.2, 0.25) is 11.8 Å². The highest BCUT2D eigenvalue weighted by molar-refractivity contribution is 5.87. The van der Waals surface area contributed by atoms with Crippen molar-refractivity contribution in [2.24, 2.45) is 0 Å². The van der Waals surface area contributed by atoms with Crippen LogP contribution in [0.25, 0.3) is 0 Å². The highest BCUT2D eigenvalue weighted by Gasteiger charge is 2.39. The SMILES string of the molecule is COC(=O)/C=C/C=C/C(=O)OC.O=C1CC2NC(=O)CC2N1. The fourth-order valence-electron chi connectivity index (χ4n) is 1.92. The number of ether oxygens (including phenoxy) is 2. The molecular formula is C14H18N2O6. The topological polar surface area (TPSA) is 111 Å². The van der Waals surface area contributed by atoms with E-state index in [9.17, 15) is 19.2 Å². The number of carbonyl (C=O) groups is 4. The van der Waals surface area contributed by atoms with Crippen molar-refractivity contribution in [2.75, 3.05) is 14.2 Å². The Bertz CT molecular complexity index is 449. The van der Waals surface area contributed by atoms with Gasteiger partial charge in [0, 0.05) is 25.0 Å². The maximum absolute atomic E-state index is 10.7. The highest BCUT2D eigenvalue weighted by Crippen LogP contribution is 2.16. The molecule has 120 valence electrons. The predicted molar refractivity (Wildman–Crippen MR) is 75.4 cm³/mol. The van der Waals surface area contributed by atoms with Crippen LogP contribution in [0.2, 0.25) is 0 Å². The molecule has 2 heterocycles. The number of carbonyl (C=O) groups excluding carboxylic acids is 4. The molecule has 2 fully saturated rings. The first kappa shape index (κ1) is 17.4. The molecule has 0 saturated carbocycles. The van der Waals surface area contributed by atoms with Gasteiger partial charge in [0.15, 0.2) is 0 Å². The molecule has 0 aliphatic carbocycles. The number of fused-ring (bicyclic) bond motifs is 1. The molecule has 0 aromatic rings. The van der Waals surface area contributed by atoms with Gasteiger partial charge in [0.05, 0.1) is 26.3 Å². The van der Waals surface area contributed by atoms with Crippen LogP contribution in [0.15, 0.2) is 24.3 Å². The van der Waals surface area contributed by atoms with Gasteiger partial charge in [-0.2, -0.15) is 0 Å². The van der Waals surface area contributed by atoms with E-state index in [0.29, 0.717) is 12.8 Å². The molecule has 2 N–H and O–H groups in total. The summed E-state index contributed by atoms with van der Waals surface area (Å²) in [5.41, 5.74) is 0. The van der Waals surface area contributed by atoms with Crippen molar-refractivity contribution in [3.05, 3.63) is 24.3 Å². The van der Waals surface area contributed by atoms with Crippen molar-refractivity contribution in [1.29, 1.82) is 0 Å². The van der Waals surface area contributed by atoms with Gasteiger partial charge in [-0.15, -0.1) is 0 Å². The van der Waals surface area contributed by atoms with Crippen LogP contribution in [0.3, 0.4) is 0 Å². The van der Waals surface area contributed by atoms with E-state index in [0.717, 1.165) is 0 Å². The molecule has 0 bridgehead atoms. The minimum absolute atomic E-state index is 0.0509. The molecule has 0 aromatic carbocycles. The van der Waals surface area contributed by atoms with Crippen LogP contribution in [-0.2, 0) is 28.7 Å². The lowest BCUT2D eigenvalue weighted by atomic mass is 10.1. The van der Waals surface area contributed by atoms with Crippen LogP contribution in [-0.4, -0.2) is 50.1 Å². The van der Waals surface area contributed by atoms with E-state index < -0.39 is 11.9 Å². The first-order valence-corrected chi connectivity index (χ1v) is 6.55. The molecule has 2 saturated heterocycles. The number of nitrogens with one attached hydrogen (secondary N) is 2. The molecule has 2 rings (SSSR count). The maximum Gasteiger partial charge on any atom is 0.330 e. The Labute approximate surface area is 127 Å². The van der Waals surface area contributed by atoms with Crippen molar-refractivity contribution >= 4 is 23.8 Å². The third kappa shape index (κ3) is 5.78. The average Bonchev–Trinajstić information content (AvgIpc) is 2.98. The Morgan fingerprint density at radius 2 is 1.27 bits per heavy atom. The normalized spacial score (nSPS) is 22.6. The van der Waals surface area contributed by atoms with Gasteiger partial charge in [-0.3, -0.25) is 9.59 Å². The summed E-state index contributed by atoms with van der Waals surface area (Å²) in [6.07, 6.45) is 6.08. The van der Waals surface area contributed by atoms with Crippen molar-refractivity contribution in [1.82, 2.24) is 10.6 Å². The summed E-state index contributed by atoms with van der Waals surface area (Å²) < 4.78 is 8.62. The van der Waals surface area contributed by atoms with E-state index in [2.05, 4.69) is 20.1 Å². The van der Waals surface area contributed by atoms with Gasteiger partial charge in [0.25, 0.3) is 0 Å². The van der Waals surface area contributed by atoms with Crippen LogP contribution in [0.1, 0.15) is 12.8 Å². The average molecular weight is 310 g/mol. The summed E-state index contributed by atoms with van der Waals surface area (Å²) in [6, 6.07) is 0.139. The summed E-state index contributed by atoms with van der Waals surface area (Å²) in [5.74, 6) is -0.834. The van der Waals surface area contributed by atoms with Gasteiger partial charge in [-0.05, 0) is 0 Å². The highest BCUT2D eigenvalue weighted by atomic mass is 16.5. The first-order chi connectivity index (χ1) is 10.5. The number of rotatable bonds is 3. The Morgan fingerprint density at radius 3 is 1.59 bits per heavy atom. The molecule has 2 aliphatic heterocycles. The zero-order valence-electron chi connectivity index (χ0n) is 12.3. The van der Waals surface area contributed by atoms with E-state index in [1.54, 1.807) is 0 Å². The zero-order valence-corrected chi connectivity index (χ0v) is 12.3. The van der Waals surface area contributed by atoms with Gasteiger partial charge in [0.1, 0.15) is 0 Å². The van der Waals surface area contributed by atoms with E-state index >= 15 is 0 Å².